The fourth-order valence-corrected chi connectivity index (χ4v) is 2.48. The van der Waals surface area contributed by atoms with Gasteiger partial charge in [-0.3, -0.25) is 0 Å². The predicted octanol–water partition coefficient (Wildman–Crippen LogP) is 1.59. The van der Waals surface area contributed by atoms with Crippen molar-refractivity contribution in [2.75, 3.05) is 20.8 Å². The molecule has 1 N–H and O–H groups in total. The lowest BCUT2D eigenvalue weighted by Crippen LogP contribution is -2.49. The summed E-state index contributed by atoms with van der Waals surface area (Å²) in [6.45, 7) is 2.58. The van der Waals surface area contributed by atoms with Gasteiger partial charge in [-0.05, 0) is 18.8 Å². The Morgan fingerprint density at radius 3 is 2.71 bits per heavy atom. The van der Waals surface area contributed by atoms with Crippen LogP contribution in [-0.4, -0.2) is 37.6 Å². The van der Waals surface area contributed by atoms with Gasteiger partial charge >= 0.3 is 0 Å². The van der Waals surface area contributed by atoms with Crippen molar-refractivity contribution in [3.63, 3.8) is 0 Å². The van der Waals surface area contributed by atoms with Crippen LogP contribution in [0, 0.1) is 5.92 Å². The molecule has 84 valence electrons. The maximum atomic E-state index is 9.99. The Kier molecular flexibility index (Phi) is 4.35. The summed E-state index contributed by atoms with van der Waals surface area (Å²) in [5.41, 5.74) is -0.367. The van der Waals surface area contributed by atoms with Crippen molar-refractivity contribution in [3.05, 3.63) is 0 Å². The van der Waals surface area contributed by atoms with Crippen molar-refractivity contribution in [1.82, 2.24) is 0 Å². The number of hydrogen-bond acceptors (Lipinski definition) is 3. The van der Waals surface area contributed by atoms with Gasteiger partial charge in [-0.15, -0.1) is 0 Å². The van der Waals surface area contributed by atoms with Crippen LogP contribution in [0.4, 0.5) is 0 Å². The third-order valence-corrected chi connectivity index (χ3v) is 3.33. The molecular formula is C11H22O3. The topological polar surface area (TPSA) is 38.7 Å². The zero-order valence-electron chi connectivity index (χ0n) is 9.45. The molecule has 3 heteroatoms. The highest BCUT2D eigenvalue weighted by Gasteiger charge is 2.41. The van der Waals surface area contributed by atoms with Crippen LogP contribution in [0.25, 0.3) is 0 Å². The van der Waals surface area contributed by atoms with E-state index in [9.17, 15) is 5.11 Å². The highest BCUT2D eigenvalue weighted by Crippen LogP contribution is 2.37. The number of aliphatic hydroxyl groups excluding tert-OH is 1. The van der Waals surface area contributed by atoms with Gasteiger partial charge in [-0.2, -0.15) is 0 Å². The Morgan fingerprint density at radius 2 is 2.21 bits per heavy atom. The molecule has 1 aliphatic rings. The second-order valence-corrected chi connectivity index (χ2v) is 4.44. The van der Waals surface area contributed by atoms with Crippen LogP contribution in [-0.2, 0) is 9.47 Å². The molecule has 0 heterocycles. The number of ether oxygens (including phenoxy) is 2. The Hall–Kier alpha value is -0.120. The fourth-order valence-electron chi connectivity index (χ4n) is 2.48. The molecule has 0 aromatic carbocycles. The molecule has 1 rings (SSSR count). The third kappa shape index (κ3) is 2.47. The molecule has 1 aliphatic carbocycles. The second kappa shape index (κ2) is 5.10. The average molecular weight is 202 g/mol. The van der Waals surface area contributed by atoms with Gasteiger partial charge in [-0.1, -0.05) is 19.8 Å². The molecule has 3 unspecified atom stereocenters. The van der Waals surface area contributed by atoms with E-state index >= 15 is 0 Å². The standard InChI is InChI=1S/C11H22O3/c1-9-5-4-6-11(7-9,14-3)10(12)8-13-2/h9-10,12H,4-8H2,1-3H3. The Labute approximate surface area is 86.4 Å². The van der Waals surface area contributed by atoms with E-state index in [2.05, 4.69) is 6.92 Å². The summed E-state index contributed by atoms with van der Waals surface area (Å²) in [5, 5.41) is 9.99. The summed E-state index contributed by atoms with van der Waals surface area (Å²) in [6.07, 6.45) is 3.76. The minimum atomic E-state index is -0.500. The summed E-state index contributed by atoms with van der Waals surface area (Å²) in [4.78, 5) is 0. The molecule has 0 spiro atoms. The van der Waals surface area contributed by atoms with Crippen LogP contribution in [0.1, 0.15) is 32.6 Å². The zero-order chi connectivity index (χ0) is 10.6. The van der Waals surface area contributed by atoms with Crippen molar-refractivity contribution in [2.45, 2.75) is 44.3 Å². The fraction of sp³-hybridized carbons (Fsp3) is 1.00. The number of methoxy groups -OCH3 is 2. The van der Waals surface area contributed by atoms with Crippen molar-refractivity contribution >= 4 is 0 Å². The molecule has 1 fully saturated rings. The molecule has 0 saturated heterocycles. The molecule has 0 amide bonds. The summed E-state index contributed by atoms with van der Waals surface area (Å²) < 4.78 is 10.5. The van der Waals surface area contributed by atoms with Crippen LogP contribution >= 0.6 is 0 Å². The minimum Gasteiger partial charge on any atom is -0.388 e. The minimum absolute atomic E-state index is 0.362. The zero-order valence-corrected chi connectivity index (χ0v) is 9.45. The monoisotopic (exact) mass is 202 g/mol. The van der Waals surface area contributed by atoms with E-state index in [1.807, 2.05) is 0 Å². The molecule has 0 aromatic heterocycles. The van der Waals surface area contributed by atoms with Crippen LogP contribution in [0.15, 0.2) is 0 Å². The summed E-state index contributed by atoms with van der Waals surface area (Å²) in [5.74, 6) is 0.634. The highest BCUT2D eigenvalue weighted by atomic mass is 16.5. The Balaban J connectivity index is 2.63. The van der Waals surface area contributed by atoms with Crippen LogP contribution in [0.2, 0.25) is 0 Å². The number of rotatable bonds is 4. The first-order valence-corrected chi connectivity index (χ1v) is 5.37. The van der Waals surface area contributed by atoms with E-state index < -0.39 is 6.10 Å². The van der Waals surface area contributed by atoms with Crippen molar-refractivity contribution in [1.29, 1.82) is 0 Å². The maximum absolute atomic E-state index is 9.99. The van der Waals surface area contributed by atoms with Gasteiger partial charge in [0.2, 0.25) is 0 Å². The highest BCUT2D eigenvalue weighted by molar-refractivity contribution is 4.92. The van der Waals surface area contributed by atoms with E-state index in [4.69, 9.17) is 9.47 Å². The first-order chi connectivity index (χ1) is 6.64. The quantitative estimate of drug-likeness (QED) is 0.752. The van der Waals surface area contributed by atoms with Gasteiger partial charge < -0.3 is 14.6 Å². The van der Waals surface area contributed by atoms with Crippen LogP contribution < -0.4 is 0 Å². The van der Waals surface area contributed by atoms with Gasteiger partial charge in [0.05, 0.1) is 12.2 Å². The first-order valence-electron chi connectivity index (χ1n) is 5.37. The van der Waals surface area contributed by atoms with Crippen LogP contribution in [0.5, 0.6) is 0 Å². The van der Waals surface area contributed by atoms with Crippen molar-refractivity contribution < 1.29 is 14.6 Å². The lowest BCUT2D eigenvalue weighted by molar-refractivity contribution is -0.147. The predicted molar refractivity (Wildman–Crippen MR) is 55.3 cm³/mol. The van der Waals surface area contributed by atoms with E-state index in [1.54, 1.807) is 14.2 Å². The lowest BCUT2D eigenvalue weighted by Gasteiger charge is -2.42. The van der Waals surface area contributed by atoms with E-state index in [1.165, 1.54) is 6.42 Å². The third-order valence-electron chi connectivity index (χ3n) is 3.33. The smallest absolute Gasteiger partial charge is 0.106 e. The normalized spacial score (nSPS) is 35.6. The van der Waals surface area contributed by atoms with Gasteiger partial charge in [-0.25, -0.2) is 0 Å². The lowest BCUT2D eigenvalue weighted by atomic mass is 9.76. The first kappa shape index (κ1) is 12.0. The van der Waals surface area contributed by atoms with Crippen molar-refractivity contribution in [2.24, 2.45) is 5.92 Å². The van der Waals surface area contributed by atoms with Gasteiger partial charge in [0.25, 0.3) is 0 Å². The molecule has 3 atom stereocenters. The molecule has 14 heavy (non-hydrogen) atoms. The van der Waals surface area contributed by atoms with Crippen molar-refractivity contribution in [3.8, 4) is 0 Å². The molecule has 0 aromatic rings. The summed E-state index contributed by atoms with van der Waals surface area (Å²) >= 11 is 0. The van der Waals surface area contributed by atoms with Crippen LogP contribution in [0.3, 0.4) is 0 Å². The second-order valence-electron chi connectivity index (χ2n) is 4.44. The van der Waals surface area contributed by atoms with Gasteiger partial charge in [0, 0.05) is 14.2 Å². The van der Waals surface area contributed by atoms with E-state index in [-0.39, 0.29) is 5.60 Å². The molecular weight excluding hydrogens is 180 g/mol. The summed E-state index contributed by atoms with van der Waals surface area (Å²) in [7, 11) is 3.30. The Morgan fingerprint density at radius 1 is 1.50 bits per heavy atom. The number of aliphatic hydroxyl groups is 1. The molecule has 0 bridgehead atoms. The SMILES string of the molecule is COCC(O)C1(OC)CCCC(C)C1. The maximum Gasteiger partial charge on any atom is 0.106 e. The molecule has 1 saturated carbocycles. The Bertz CT molecular complexity index is 172. The van der Waals surface area contributed by atoms with E-state index in [0.717, 1.165) is 19.3 Å². The van der Waals surface area contributed by atoms with Gasteiger partial charge in [0.15, 0.2) is 0 Å². The molecule has 0 radical (unpaired) electrons. The molecule has 0 aliphatic heterocycles. The van der Waals surface area contributed by atoms with Gasteiger partial charge in [0.1, 0.15) is 6.10 Å². The largest absolute Gasteiger partial charge is 0.388 e. The average Bonchev–Trinajstić information content (AvgIpc) is 2.18. The number of hydrogen-bond donors (Lipinski definition) is 1. The molecule has 3 nitrogen and oxygen atoms in total. The summed E-state index contributed by atoms with van der Waals surface area (Å²) in [6, 6.07) is 0. The van der Waals surface area contributed by atoms with E-state index in [0.29, 0.717) is 12.5 Å².